The van der Waals surface area contributed by atoms with Gasteiger partial charge in [0.05, 0.1) is 35.3 Å². The second-order valence-electron chi connectivity index (χ2n) is 7.59. The van der Waals surface area contributed by atoms with Crippen molar-refractivity contribution >= 4 is 17.6 Å². The van der Waals surface area contributed by atoms with Crippen LogP contribution in [0.5, 0.6) is 11.5 Å². The first kappa shape index (κ1) is 22.8. The number of nitrogens with zero attached hydrogens (tertiary/aromatic N) is 2. The highest BCUT2D eigenvalue weighted by atomic mass is 16.5. The number of nitrogens with one attached hydrogen (secondary N) is 1. The van der Waals surface area contributed by atoms with Crippen molar-refractivity contribution in [3.8, 4) is 17.2 Å². The van der Waals surface area contributed by atoms with Crippen molar-refractivity contribution in [2.75, 3.05) is 11.9 Å². The third-order valence-corrected chi connectivity index (χ3v) is 5.06. The number of carbonyl (C=O) groups excluding carboxylic acids is 2. The molecule has 4 rings (SSSR count). The third-order valence-electron chi connectivity index (χ3n) is 5.06. The molecule has 0 unspecified atom stereocenters. The summed E-state index contributed by atoms with van der Waals surface area (Å²) in [5, 5.41) is 2.83. The monoisotopic (exact) mass is 455 g/mol. The summed E-state index contributed by atoms with van der Waals surface area (Å²) in [6.45, 7) is 2.33. The summed E-state index contributed by atoms with van der Waals surface area (Å²) in [5.74, 6) is 0.211. The number of para-hydroxylation sites is 1. The molecule has 0 aliphatic heterocycles. The number of pyridine rings is 1. The van der Waals surface area contributed by atoms with Crippen LogP contribution in [-0.2, 0) is 4.74 Å². The van der Waals surface area contributed by atoms with E-state index in [1.165, 1.54) is 6.20 Å². The summed E-state index contributed by atoms with van der Waals surface area (Å²) in [6.07, 6.45) is 8.56. The molecule has 0 aliphatic carbocycles. The molecule has 2 aromatic heterocycles. The minimum absolute atomic E-state index is 0.249. The number of carbonyl (C=O) groups is 2. The van der Waals surface area contributed by atoms with Gasteiger partial charge in [-0.2, -0.15) is 0 Å². The van der Waals surface area contributed by atoms with E-state index in [0.29, 0.717) is 29.4 Å². The Morgan fingerprint density at radius 1 is 0.941 bits per heavy atom. The minimum Gasteiger partial charge on any atom is -0.462 e. The molecule has 1 amide bonds. The van der Waals surface area contributed by atoms with Crippen LogP contribution < -0.4 is 10.1 Å². The summed E-state index contributed by atoms with van der Waals surface area (Å²) in [6, 6.07) is 19.7. The Labute approximate surface area is 198 Å². The van der Waals surface area contributed by atoms with Crippen molar-refractivity contribution in [3.63, 3.8) is 0 Å². The highest BCUT2D eigenvalue weighted by molar-refractivity contribution is 6.08. The van der Waals surface area contributed by atoms with E-state index in [1.807, 2.05) is 66.3 Å². The summed E-state index contributed by atoms with van der Waals surface area (Å²) < 4.78 is 13.1. The fraction of sp³-hybridized carbons (Fsp3) is 0.148. The molecular formula is C27H25N3O4. The number of amides is 1. The molecule has 2 heterocycles. The highest BCUT2D eigenvalue weighted by Gasteiger charge is 2.18. The van der Waals surface area contributed by atoms with Gasteiger partial charge >= 0.3 is 5.97 Å². The van der Waals surface area contributed by atoms with Gasteiger partial charge in [-0.05, 0) is 48.9 Å². The third kappa shape index (κ3) is 5.69. The largest absolute Gasteiger partial charge is 0.462 e. The smallest absolute Gasteiger partial charge is 0.340 e. The van der Waals surface area contributed by atoms with Gasteiger partial charge in [-0.1, -0.05) is 31.5 Å². The molecule has 0 spiro atoms. The van der Waals surface area contributed by atoms with Gasteiger partial charge in [0, 0.05) is 24.7 Å². The molecule has 0 saturated carbocycles. The van der Waals surface area contributed by atoms with E-state index >= 15 is 0 Å². The van der Waals surface area contributed by atoms with Gasteiger partial charge < -0.3 is 19.4 Å². The predicted octanol–water partition coefficient (Wildman–Crippen LogP) is 5.87. The van der Waals surface area contributed by atoms with Crippen molar-refractivity contribution in [1.82, 2.24) is 9.55 Å². The zero-order chi connectivity index (χ0) is 23.8. The van der Waals surface area contributed by atoms with E-state index in [-0.39, 0.29) is 5.56 Å². The normalized spacial score (nSPS) is 10.5. The van der Waals surface area contributed by atoms with Crippen molar-refractivity contribution in [3.05, 3.63) is 103 Å². The minimum atomic E-state index is -0.505. The highest BCUT2D eigenvalue weighted by Crippen LogP contribution is 2.28. The maximum absolute atomic E-state index is 13.1. The van der Waals surface area contributed by atoms with Crippen LogP contribution in [0.3, 0.4) is 0 Å². The quantitative estimate of drug-likeness (QED) is 0.252. The van der Waals surface area contributed by atoms with Crippen LogP contribution in [0.25, 0.3) is 5.69 Å². The van der Waals surface area contributed by atoms with Crippen LogP contribution in [0.1, 0.15) is 40.5 Å². The molecule has 0 saturated heterocycles. The molecule has 1 N–H and O–H groups in total. The lowest BCUT2D eigenvalue weighted by molar-refractivity contribution is 0.0501. The number of esters is 1. The van der Waals surface area contributed by atoms with Gasteiger partial charge in [-0.15, -0.1) is 0 Å². The van der Waals surface area contributed by atoms with Gasteiger partial charge in [0.1, 0.15) is 11.5 Å². The Kier molecular flexibility index (Phi) is 7.35. The molecule has 0 radical (unpaired) electrons. The van der Waals surface area contributed by atoms with Crippen LogP contribution in [0.4, 0.5) is 5.69 Å². The van der Waals surface area contributed by atoms with E-state index in [0.717, 1.165) is 18.5 Å². The average molecular weight is 456 g/mol. The van der Waals surface area contributed by atoms with Crippen molar-refractivity contribution in [1.29, 1.82) is 0 Å². The molecule has 7 nitrogen and oxygen atoms in total. The molecule has 34 heavy (non-hydrogen) atoms. The van der Waals surface area contributed by atoms with E-state index in [4.69, 9.17) is 9.47 Å². The second-order valence-corrected chi connectivity index (χ2v) is 7.59. The van der Waals surface area contributed by atoms with E-state index in [2.05, 4.69) is 10.3 Å². The van der Waals surface area contributed by atoms with E-state index < -0.39 is 11.9 Å². The first-order valence-electron chi connectivity index (χ1n) is 11.1. The van der Waals surface area contributed by atoms with Crippen LogP contribution in [0.2, 0.25) is 0 Å². The van der Waals surface area contributed by atoms with Crippen LogP contribution >= 0.6 is 0 Å². The van der Waals surface area contributed by atoms with Crippen molar-refractivity contribution < 1.29 is 19.1 Å². The molecule has 0 bridgehead atoms. The SMILES string of the molecule is CCCCOC(=O)c1ccc(Oc2ccccc2)cc1NC(=O)c1cncc(-n2cccc2)c1. The number of hydrogen-bond donors (Lipinski definition) is 1. The topological polar surface area (TPSA) is 82.4 Å². The predicted molar refractivity (Wildman–Crippen MR) is 130 cm³/mol. The molecule has 0 fully saturated rings. The Morgan fingerprint density at radius 3 is 2.50 bits per heavy atom. The first-order valence-corrected chi connectivity index (χ1v) is 11.1. The Morgan fingerprint density at radius 2 is 1.74 bits per heavy atom. The fourth-order valence-electron chi connectivity index (χ4n) is 3.27. The number of rotatable bonds is 9. The van der Waals surface area contributed by atoms with Crippen molar-refractivity contribution in [2.24, 2.45) is 0 Å². The lowest BCUT2D eigenvalue weighted by Crippen LogP contribution is -2.17. The Balaban J connectivity index is 1.60. The molecular weight excluding hydrogens is 430 g/mol. The molecule has 172 valence electrons. The van der Waals surface area contributed by atoms with Crippen LogP contribution in [0.15, 0.2) is 91.5 Å². The van der Waals surface area contributed by atoms with Gasteiger partial charge in [0.25, 0.3) is 5.91 Å². The molecule has 0 atom stereocenters. The number of hydrogen-bond acceptors (Lipinski definition) is 5. The van der Waals surface area contributed by atoms with Crippen LogP contribution in [0, 0.1) is 0 Å². The van der Waals surface area contributed by atoms with E-state index in [9.17, 15) is 9.59 Å². The zero-order valence-electron chi connectivity index (χ0n) is 18.8. The zero-order valence-corrected chi connectivity index (χ0v) is 18.8. The van der Waals surface area contributed by atoms with Crippen molar-refractivity contribution in [2.45, 2.75) is 19.8 Å². The van der Waals surface area contributed by atoms with E-state index in [1.54, 1.807) is 30.5 Å². The standard InChI is InChI=1S/C27H25N3O4/c1-2-3-15-33-27(32)24-12-11-23(34-22-9-5-4-6-10-22)17-25(24)29-26(31)20-16-21(19-28-18-20)30-13-7-8-14-30/h4-14,16-19H,2-3,15H2,1H3,(H,29,31). The number of benzene rings is 2. The molecule has 7 heteroatoms. The fourth-order valence-corrected chi connectivity index (χ4v) is 3.27. The summed E-state index contributed by atoms with van der Waals surface area (Å²) in [7, 11) is 0. The summed E-state index contributed by atoms with van der Waals surface area (Å²) >= 11 is 0. The van der Waals surface area contributed by atoms with Gasteiger partial charge in [0.2, 0.25) is 0 Å². The maximum Gasteiger partial charge on any atom is 0.340 e. The number of aromatic nitrogens is 2. The van der Waals surface area contributed by atoms with Gasteiger partial charge in [-0.25, -0.2) is 4.79 Å². The summed E-state index contributed by atoms with van der Waals surface area (Å²) in [4.78, 5) is 30.0. The van der Waals surface area contributed by atoms with Gasteiger partial charge in [0.15, 0.2) is 0 Å². The van der Waals surface area contributed by atoms with Gasteiger partial charge in [-0.3, -0.25) is 9.78 Å². The molecule has 4 aromatic rings. The lowest BCUT2D eigenvalue weighted by atomic mass is 10.1. The summed E-state index contributed by atoms with van der Waals surface area (Å²) in [5.41, 5.74) is 1.65. The lowest BCUT2D eigenvalue weighted by Gasteiger charge is -2.14. The van der Waals surface area contributed by atoms with Crippen LogP contribution in [-0.4, -0.2) is 28.0 Å². The second kappa shape index (κ2) is 11.0. The average Bonchev–Trinajstić information content (AvgIpc) is 3.40. The Hall–Kier alpha value is -4.39. The molecule has 2 aromatic carbocycles. The maximum atomic E-state index is 13.1. The number of ether oxygens (including phenoxy) is 2. The first-order chi connectivity index (χ1) is 16.6. The molecule has 0 aliphatic rings. The Bertz CT molecular complexity index is 1250. The number of unbranched alkanes of at least 4 members (excludes halogenated alkanes) is 1. The number of anilines is 1.